The third-order valence-electron chi connectivity index (χ3n) is 2.09. The Bertz CT molecular complexity index is 430. The van der Waals surface area contributed by atoms with Crippen molar-refractivity contribution in [3.8, 4) is 0 Å². The quantitative estimate of drug-likeness (QED) is 0.707. The van der Waals surface area contributed by atoms with E-state index in [4.69, 9.17) is 9.47 Å². The van der Waals surface area contributed by atoms with Gasteiger partial charge in [-0.25, -0.2) is 4.79 Å². The Morgan fingerprint density at radius 1 is 1.40 bits per heavy atom. The molecule has 0 saturated heterocycles. The van der Waals surface area contributed by atoms with E-state index in [2.05, 4.69) is 4.98 Å². The predicted octanol–water partition coefficient (Wildman–Crippen LogP) is -0.152. The van der Waals surface area contributed by atoms with Crippen LogP contribution in [-0.4, -0.2) is 23.8 Å². The molecule has 1 N–H and O–H groups in total. The number of aromatic nitrogens is 2. The zero-order valence-electron chi connectivity index (χ0n) is 8.94. The van der Waals surface area contributed by atoms with Crippen LogP contribution in [0.15, 0.2) is 15.8 Å². The minimum Gasteiger partial charge on any atom is -0.351 e. The number of rotatable bonds is 4. The van der Waals surface area contributed by atoms with Gasteiger partial charge in [-0.05, 0) is 6.92 Å². The summed E-state index contributed by atoms with van der Waals surface area (Å²) < 4.78 is 11.0. The summed E-state index contributed by atoms with van der Waals surface area (Å²) in [5, 5.41) is 0. The summed E-state index contributed by atoms with van der Waals surface area (Å²) in [5.41, 5.74) is -0.548. The van der Waals surface area contributed by atoms with Crippen LogP contribution in [0.5, 0.6) is 0 Å². The van der Waals surface area contributed by atoms with Crippen LogP contribution in [0.2, 0.25) is 0 Å². The van der Waals surface area contributed by atoms with Crippen LogP contribution < -0.4 is 11.2 Å². The summed E-state index contributed by atoms with van der Waals surface area (Å²) in [7, 11) is 2.85. The summed E-state index contributed by atoms with van der Waals surface area (Å²) in [5.74, 6) is 0. The number of nitrogens with zero attached hydrogens (tertiary/aromatic N) is 1. The van der Waals surface area contributed by atoms with Crippen LogP contribution in [0.4, 0.5) is 0 Å². The molecule has 0 aliphatic rings. The first-order valence-electron chi connectivity index (χ1n) is 4.53. The van der Waals surface area contributed by atoms with Gasteiger partial charge in [-0.15, -0.1) is 0 Å². The lowest BCUT2D eigenvalue weighted by Gasteiger charge is -2.13. The Morgan fingerprint density at radius 2 is 2.00 bits per heavy atom. The maximum atomic E-state index is 11.8. The Balaban J connectivity index is 3.33. The second-order valence-electron chi connectivity index (χ2n) is 2.90. The van der Waals surface area contributed by atoms with Gasteiger partial charge in [0.05, 0.1) is 5.56 Å². The summed E-state index contributed by atoms with van der Waals surface area (Å²) in [6, 6.07) is 0. The van der Waals surface area contributed by atoms with Crippen molar-refractivity contribution in [1.82, 2.24) is 9.55 Å². The lowest BCUT2D eigenvalue weighted by Crippen LogP contribution is -2.37. The molecule has 0 fully saturated rings. The van der Waals surface area contributed by atoms with E-state index in [1.807, 2.05) is 0 Å². The van der Waals surface area contributed by atoms with Crippen LogP contribution in [0, 0.1) is 0 Å². The summed E-state index contributed by atoms with van der Waals surface area (Å²) in [6.07, 6.45) is 0.557. The zero-order valence-corrected chi connectivity index (χ0v) is 8.94. The number of ether oxygens (including phenoxy) is 2. The molecule has 0 aromatic carbocycles. The molecule has 1 aromatic rings. The molecule has 0 aliphatic carbocycles. The first-order valence-corrected chi connectivity index (χ1v) is 4.53. The number of methoxy groups -OCH3 is 2. The highest BCUT2D eigenvalue weighted by atomic mass is 16.7. The molecule has 1 aromatic heterocycles. The molecule has 15 heavy (non-hydrogen) atoms. The summed E-state index contributed by atoms with van der Waals surface area (Å²) in [6.45, 7) is 2.02. The van der Waals surface area contributed by atoms with Gasteiger partial charge >= 0.3 is 5.69 Å². The SMILES string of the molecule is CCn1c(=O)[nH]cc(C(OC)OC)c1=O. The maximum Gasteiger partial charge on any atom is 0.328 e. The van der Waals surface area contributed by atoms with Crippen LogP contribution in [-0.2, 0) is 16.0 Å². The van der Waals surface area contributed by atoms with Crippen molar-refractivity contribution in [2.75, 3.05) is 14.2 Å². The zero-order chi connectivity index (χ0) is 11.4. The molecule has 0 amide bonds. The van der Waals surface area contributed by atoms with E-state index >= 15 is 0 Å². The molecule has 0 saturated carbocycles. The van der Waals surface area contributed by atoms with Gasteiger partial charge in [0.2, 0.25) is 0 Å². The van der Waals surface area contributed by atoms with Crippen molar-refractivity contribution >= 4 is 0 Å². The molecule has 1 rings (SSSR count). The van der Waals surface area contributed by atoms with Crippen LogP contribution >= 0.6 is 0 Å². The van der Waals surface area contributed by atoms with Crippen molar-refractivity contribution < 1.29 is 9.47 Å². The van der Waals surface area contributed by atoms with E-state index in [1.54, 1.807) is 6.92 Å². The van der Waals surface area contributed by atoms with E-state index in [0.717, 1.165) is 4.57 Å². The Labute approximate surface area is 86.5 Å². The smallest absolute Gasteiger partial charge is 0.328 e. The lowest BCUT2D eigenvalue weighted by atomic mass is 10.3. The molecule has 0 aliphatic heterocycles. The van der Waals surface area contributed by atoms with E-state index in [-0.39, 0.29) is 5.56 Å². The fourth-order valence-electron chi connectivity index (χ4n) is 1.33. The monoisotopic (exact) mass is 214 g/mol. The molecule has 6 heteroatoms. The van der Waals surface area contributed by atoms with Gasteiger partial charge in [-0.3, -0.25) is 9.36 Å². The minimum atomic E-state index is -0.757. The van der Waals surface area contributed by atoms with Crippen LogP contribution in [0.1, 0.15) is 18.8 Å². The molecule has 0 radical (unpaired) electrons. The van der Waals surface area contributed by atoms with E-state index in [9.17, 15) is 9.59 Å². The molecule has 0 spiro atoms. The highest BCUT2D eigenvalue weighted by molar-refractivity contribution is 5.06. The fraction of sp³-hybridized carbons (Fsp3) is 0.556. The highest BCUT2D eigenvalue weighted by Crippen LogP contribution is 2.10. The van der Waals surface area contributed by atoms with Crippen LogP contribution in [0.3, 0.4) is 0 Å². The third-order valence-corrected chi connectivity index (χ3v) is 2.09. The molecule has 1 heterocycles. The number of hydrogen-bond donors (Lipinski definition) is 1. The van der Waals surface area contributed by atoms with Crippen LogP contribution in [0.25, 0.3) is 0 Å². The molecule has 84 valence electrons. The highest BCUT2D eigenvalue weighted by Gasteiger charge is 2.15. The van der Waals surface area contributed by atoms with Gasteiger partial charge in [0.25, 0.3) is 5.56 Å². The van der Waals surface area contributed by atoms with E-state index < -0.39 is 17.5 Å². The normalized spacial score (nSPS) is 10.9. The second kappa shape index (κ2) is 4.90. The maximum absolute atomic E-state index is 11.8. The minimum absolute atomic E-state index is 0.279. The average molecular weight is 214 g/mol. The standard InChI is InChI=1S/C9H14N2O4/c1-4-11-7(12)6(5-10-9(11)13)8(14-2)15-3/h5,8H,4H2,1-3H3,(H,10,13). The Morgan fingerprint density at radius 3 is 2.47 bits per heavy atom. The van der Waals surface area contributed by atoms with Crippen molar-refractivity contribution in [2.45, 2.75) is 19.8 Å². The third kappa shape index (κ3) is 2.16. The van der Waals surface area contributed by atoms with Crippen molar-refractivity contribution in [3.63, 3.8) is 0 Å². The molecule has 0 bridgehead atoms. The molecule has 0 atom stereocenters. The summed E-state index contributed by atoms with van der Waals surface area (Å²) in [4.78, 5) is 25.5. The number of hydrogen-bond acceptors (Lipinski definition) is 4. The Kier molecular flexibility index (Phi) is 3.81. The molecule has 6 nitrogen and oxygen atoms in total. The van der Waals surface area contributed by atoms with Crippen molar-refractivity contribution in [3.05, 3.63) is 32.6 Å². The van der Waals surface area contributed by atoms with Gasteiger partial charge in [0.1, 0.15) is 0 Å². The second-order valence-corrected chi connectivity index (χ2v) is 2.90. The van der Waals surface area contributed by atoms with Gasteiger partial charge in [0.15, 0.2) is 6.29 Å². The molecular formula is C9H14N2O4. The average Bonchev–Trinajstić information content (AvgIpc) is 2.23. The number of nitrogens with one attached hydrogen (secondary N) is 1. The number of H-pyrrole nitrogens is 1. The predicted molar refractivity (Wildman–Crippen MR) is 53.8 cm³/mol. The topological polar surface area (TPSA) is 73.3 Å². The van der Waals surface area contributed by atoms with E-state index in [0.29, 0.717) is 6.54 Å². The van der Waals surface area contributed by atoms with Gasteiger partial charge in [-0.1, -0.05) is 0 Å². The molecular weight excluding hydrogens is 200 g/mol. The first kappa shape index (κ1) is 11.7. The fourth-order valence-corrected chi connectivity index (χ4v) is 1.33. The van der Waals surface area contributed by atoms with Gasteiger partial charge < -0.3 is 14.5 Å². The Hall–Kier alpha value is -1.40. The first-order chi connectivity index (χ1) is 7.15. The van der Waals surface area contributed by atoms with Crippen molar-refractivity contribution in [1.29, 1.82) is 0 Å². The molecule has 0 unspecified atom stereocenters. The van der Waals surface area contributed by atoms with Gasteiger partial charge in [0, 0.05) is 27.0 Å². The van der Waals surface area contributed by atoms with Crippen molar-refractivity contribution in [2.24, 2.45) is 0 Å². The van der Waals surface area contributed by atoms with E-state index in [1.165, 1.54) is 20.4 Å². The summed E-state index contributed by atoms with van der Waals surface area (Å²) >= 11 is 0. The largest absolute Gasteiger partial charge is 0.351 e. The van der Waals surface area contributed by atoms with Gasteiger partial charge in [-0.2, -0.15) is 0 Å². The lowest BCUT2D eigenvalue weighted by molar-refractivity contribution is -0.107. The number of aromatic amines is 1.